The molecule has 0 saturated carbocycles. The van der Waals surface area contributed by atoms with E-state index in [2.05, 4.69) is 180 Å². The Balaban J connectivity index is 1.24. The third-order valence-corrected chi connectivity index (χ3v) is 10.8. The van der Waals surface area contributed by atoms with Crippen molar-refractivity contribution in [2.45, 2.75) is 0 Å². The maximum atomic E-state index is 6.25. The van der Waals surface area contributed by atoms with Gasteiger partial charge < -0.3 is 14.2 Å². The van der Waals surface area contributed by atoms with E-state index in [-0.39, 0.29) is 0 Å². The Morgan fingerprint density at radius 2 is 0.980 bits per heavy atom. The summed E-state index contributed by atoms with van der Waals surface area (Å²) in [7, 11) is 0. The molecule has 0 saturated heterocycles. The molecule has 2 aromatic heterocycles. The van der Waals surface area contributed by atoms with Gasteiger partial charge in [-0.25, -0.2) is 0 Å². The fraction of sp³-hybridized carbons (Fsp3) is 0. The molecular formula is C46H30N2OS. The van der Waals surface area contributed by atoms with Crippen molar-refractivity contribution in [1.82, 2.24) is 0 Å². The highest BCUT2D eigenvalue weighted by Gasteiger charge is 2.23. The largest absolute Gasteiger partial charge is 0.456 e. The second-order valence-electron chi connectivity index (χ2n) is 12.6. The van der Waals surface area contributed by atoms with E-state index in [1.54, 1.807) is 0 Å². The average molecular weight is 659 g/mol. The lowest BCUT2D eigenvalue weighted by Crippen LogP contribution is -2.10. The van der Waals surface area contributed by atoms with Crippen molar-refractivity contribution in [2.75, 3.05) is 9.80 Å². The molecule has 10 rings (SSSR count). The summed E-state index contributed by atoms with van der Waals surface area (Å²) in [5, 5.41) is 7.13. The van der Waals surface area contributed by atoms with Crippen LogP contribution < -0.4 is 9.80 Å². The molecule has 0 bridgehead atoms. The van der Waals surface area contributed by atoms with Gasteiger partial charge in [0.15, 0.2) is 0 Å². The van der Waals surface area contributed by atoms with E-state index >= 15 is 0 Å². The molecule has 0 fully saturated rings. The zero-order valence-corrected chi connectivity index (χ0v) is 27.8. The van der Waals surface area contributed by atoms with Crippen molar-refractivity contribution >= 4 is 98.3 Å². The summed E-state index contributed by atoms with van der Waals surface area (Å²) in [5.41, 5.74) is 8.53. The number of nitrogens with zero attached hydrogens (tertiary/aromatic N) is 2. The number of hydrogen-bond acceptors (Lipinski definition) is 4. The molecule has 0 atom stereocenters. The third kappa shape index (κ3) is 4.65. The Kier molecular flexibility index (Phi) is 6.68. The minimum atomic E-state index is 0.889. The van der Waals surface area contributed by atoms with Crippen LogP contribution in [0.3, 0.4) is 0 Å². The minimum absolute atomic E-state index is 0.889. The van der Waals surface area contributed by atoms with Crippen molar-refractivity contribution < 1.29 is 4.42 Å². The van der Waals surface area contributed by atoms with Crippen LogP contribution in [0.1, 0.15) is 0 Å². The van der Waals surface area contributed by atoms with E-state index < -0.39 is 0 Å². The Hall–Kier alpha value is -6.36. The second-order valence-corrected chi connectivity index (χ2v) is 13.6. The molecule has 0 N–H and O–H groups in total. The van der Waals surface area contributed by atoms with Crippen LogP contribution in [-0.4, -0.2) is 0 Å². The Morgan fingerprint density at radius 1 is 0.380 bits per heavy atom. The Bertz CT molecular complexity index is 2800. The molecule has 0 aliphatic carbocycles. The van der Waals surface area contributed by atoms with Crippen molar-refractivity contribution in [3.05, 3.63) is 182 Å². The van der Waals surface area contributed by atoms with Crippen LogP contribution in [0.2, 0.25) is 0 Å². The topological polar surface area (TPSA) is 19.6 Å². The fourth-order valence-electron chi connectivity index (χ4n) is 7.35. The van der Waals surface area contributed by atoms with E-state index in [1.165, 1.54) is 30.9 Å². The Morgan fingerprint density at radius 3 is 1.80 bits per heavy atom. The first-order valence-electron chi connectivity index (χ1n) is 16.8. The lowest BCUT2D eigenvalue weighted by molar-refractivity contribution is 0.669. The molecule has 0 radical (unpaired) electrons. The number of benzene rings is 8. The molecule has 0 spiro atoms. The first kappa shape index (κ1) is 28.6. The van der Waals surface area contributed by atoms with Crippen molar-refractivity contribution in [3.63, 3.8) is 0 Å². The van der Waals surface area contributed by atoms with Gasteiger partial charge in [0.05, 0.1) is 16.1 Å². The summed E-state index contributed by atoms with van der Waals surface area (Å²) in [6, 6.07) is 65.0. The molecule has 10 aromatic rings. The first-order chi connectivity index (χ1) is 24.8. The molecule has 0 aliphatic rings. The van der Waals surface area contributed by atoms with Gasteiger partial charge in [0.25, 0.3) is 0 Å². The smallest absolute Gasteiger partial charge is 0.135 e. The van der Waals surface area contributed by atoms with Gasteiger partial charge in [-0.15, -0.1) is 11.3 Å². The molecule has 50 heavy (non-hydrogen) atoms. The fourth-order valence-corrected chi connectivity index (χ4v) is 8.58. The highest BCUT2D eigenvalue weighted by molar-refractivity contribution is 7.26. The monoisotopic (exact) mass is 658 g/mol. The minimum Gasteiger partial charge on any atom is -0.456 e. The van der Waals surface area contributed by atoms with Crippen LogP contribution in [0, 0.1) is 0 Å². The number of anilines is 6. The summed E-state index contributed by atoms with van der Waals surface area (Å²) in [5.74, 6) is 0. The number of rotatable bonds is 6. The number of furan rings is 1. The van der Waals surface area contributed by atoms with Crippen LogP contribution in [-0.2, 0) is 0 Å². The summed E-state index contributed by atoms with van der Waals surface area (Å²) in [6.07, 6.45) is 0. The van der Waals surface area contributed by atoms with E-state index in [1.807, 2.05) is 23.5 Å². The predicted octanol–water partition coefficient (Wildman–Crippen LogP) is 14.0. The highest BCUT2D eigenvalue weighted by atomic mass is 32.1. The molecular weight excluding hydrogens is 629 g/mol. The van der Waals surface area contributed by atoms with Gasteiger partial charge in [-0.3, -0.25) is 0 Å². The van der Waals surface area contributed by atoms with Gasteiger partial charge >= 0.3 is 0 Å². The van der Waals surface area contributed by atoms with Gasteiger partial charge in [-0.05, 0) is 89.6 Å². The highest BCUT2D eigenvalue weighted by Crippen LogP contribution is 2.49. The van der Waals surface area contributed by atoms with Gasteiger partial charge in [-0.1, -0.05) is 103 Å². The number of para-hydroxylation sites is 3. The quantitative estimate of drug-likeness (QED) is 0.177. The average Bonchev–Trinajstić information content (AvgIpc) is 3.75. The Labute approximate surface area is 293 Å². The molecule has 3 nitrogen and oxygen atoms in total. The van der Waals surface area contributed by atoms with Gasteiger partial charge in [0.1, 0.15) is 11.2 Å². The summed E-state index contributed by atoms with van der Waals surface area (Å²) in [4.78, 5) is 4.79. The molecule has 236 valence electrons. The summed E-state index contributed by atoms with van der Waals surface area (Å²) < 4.78 is 8.74. The molecule has 0 aliphatic heterocycles. The maximum Gasteiger partial charge on any atom is 0.135 e. The lowest BCUT2D eigenvalue weighted by atomic mass is 10.1. The zero-order valence-electron chi connectivity index (χ0n) is 27.0. The predicted molar refractivity (Wildman–Crippen MR) is 213 cm³/mol. The van der Waals surface area contributed by atoms with Crippen molar-refractivity contribution in [3.8, 4) is 0 Å². The second kappa shape index (κ2) is 11.7. The van der Waals surface area contributed by atoms with Crippen molar-refractivity contribution in [1.29, 1.82) is 0 Å². The molecule has 2 heterocycles. The molecule has 0 unspecified atom stereocenters. The zero-order chi connectivity index (χ0) is 33.0. The van der Waals surface area contributed by atoms with Gasteiger partial charge in [0.2, 0.25) is 0 Å². The van der Waals surface area contributed by atoms with E-state index in [9.17, 15) is 0 Å². The molecule has 0 amide bonds. The first-order valence-corrected chi connectivity index (χ1v) is 17.7. The summed E-state index contributed by atoms with van der Waals surface area (Å²) >= 11 is 1.85. The van der Waals surface area contributed by atoms with E-state index in [4.69, 9.17) is 4.42 Å². The number of fused-ring (bicyclic) bond motifs is 7. The van der Waals surface area contributed by atoms with Crippen LogP contribution in [0.5, 0.6) is 0 Å². The SMILES string of the molecule is c1ccc(N(c2ccccc2)c2cccc3sc4c(N(c5ccc6ccccc6c5)c5ccc6oc7ccccc7c6c5)cccc4c23)cc1. The number of hydrogen-bond donors (Lipinski definition) is 0. The third-order valence-electron chi connectivity index (χ3n) is 9.60. The van der Waals surface area contributed by atoms with Crippen LogP contribution in [0.15, 0.2) is 186 Å². The van der Waals surface area contributed by atoms with E-state index in [0.717, 1.165) is 56.1 Å². The number of thiophene rings is 1. The standard InChI is InChI=1S/C46H30N2OS/c1-3-15-33(16-4-1)47(34-17-5-2-6-18-34)40-21-12-24-44-45(40)38-20-11-22-41(46(38)50-44)48(35-26-25-31-13-7-8-14-32(31)29-35)36-27-28-43-39(30-36)37-19-9-10-23-42(37)49-43/h1-30H. The van der Waals surface area contributed by atoms with Crippen LogP contribution in [0.4, 0.5) is 34.1 Å². The van der Waals surface area contributed by atoms with Crippen LogP contribution >= 0.6 is 11.3 Å². The molecule has 8 aromatic carbocycles. The normalized spacial score (nSPS) is 11.6. The van der Waals surface area contributed by atoms with E-state index in [0.29, 0.717) is 0 Å². The lowest BCUT2D eigenvalue weighted by Gasteiger charge is -2.27. The molecule has 4 heteroatoms. The van der Waals surface area contributed by atoms with Gasteiger partial charge in [-0.2, -0.15) is 0 Å². The summed E-state index contributed by atoms with van der Waals surface area (Å²) in [6.45, 7) is 0. The van der Waals surface area contributed by atoms with Crippen molar-refractivity contribution in [2.24, 2.45) is 0 Å². The maximum absolute atomic E-state index is 6.25. The van der Waals surface area contributed by atoms with Gasteiger partial charge in [0, 0.05) is 49.0 Å². The van der Waals surface area contributed by atoms with Crippen LogP contribution in [0.25, 0.3) is 52.9 Å².